The van der Waals surface area contributed by atoms with Crippen LogP contribution in [0.5, 0.6) is 0 Å². The Bertz CT molecular complexity index is 425. The Morgan fingerprint density at radius 1 is 1.15 bits per heavy atom. The molecule has 20 heavy (non-hydrogen) atoms. The van der Waals surface area contributed by atoms with Crippen LogP contribution in [0.25, 0.3) is 0 Å². The van der Waals surface area contributed by atoms with Gasteiger partial charge in [-0.25, -0.2) is 9.79 Å². The van der Waals surface area contributed by atoms with E-state index in [1.165, 1.54) is 7.11 Å². The second-order valence-electron chi connectivity index (χ2n) is 3.91. The number of nitrogens with one attached hydrogen (secondary N) is 2. The minimum absolute atomic E-state index is 0. The summed E-state index contributed by atoms with van der Waals surface area (Å²) < 4.78 is 4.65. The van der Waals surface area contributed by atoms with Crippen LogP contribution in [0.2, 0.25) is 0 Å². The van der Waals surface area contributed by atoms with Crippen molar-refractivity contribution in [2.24, 2.45) is 4.99 Å². The van der Waals surface area contributed by atoms with Crippen molar-refractivity contribution in [2.75, 3.05) is 20.2 Å². The SMILES string of the molecule is CCNC(=NCc1ccc(C(=O)OC)cc1)NCC.I. The van der Waals surface area contributed by atoms with Crippen molar-refractivity contribution in [3.63, 3.8) is 0 Å². The minimum atomic E-state index is -0.323. The van der Waals surface area contributed by atoms with Crippen molar-refractivity contribution in [3.05, 3.63) is 35.4 Å². The van der Waals surface area contributed by atoms with Gasteiger partial charge in [-0.1, -0.05) is 12.1 Å². The fourth-order valence-electron chi connectivity index (χ4n) is 1.54. The van der Waals surface area contributed by atoms with E-state index in [0.29, 0.717) is 12.1 Å². The summed E-state index contributed by atoms with van der Waals surface area (Å²) in [5, 5.41) is 6.31. The van der Waals surface area contributed by atoms with Gasteiger partial charge in [0.1, 0.15) is 0 Å². The number of rotatable bonds is 5. The highest BCUT2D eigenvalue weighted by Crippen LogP contribution is 2.06. The van der Waals surface area contributed by atoms with Crippen LogP contribution in [0.1, 0.15) is 29.8 Å². The maximum Gasteiger partial charge on any atom is 0.337 e. The number of benzene rings is 1. The Labute approximate surface area is 137 Å². The van der Waals surface area contributed by atoms with Crippen LogP contribution in [-0.4, -0.2) is 32.1 Å². The van der Waals surface area contributed by atoms with E-state index in [0.717, 1.165) is 24.6 Å². The summed E-state index contributed by atoms with van der Waals surface area (Å²) in [6.07, 6.45) is 0. The first-order chi connectivity index (χ1) is 9.21. The molecule has 0 unspecified atom stereocenters. The van der Waals surface area contributed by atoms with Crippen LogP contribution in [0.4, 0.5) is 0 Å². The Hall–Kier alpha value is -1.31. The number of ether oxygens (including phenoxy) is 1. The Kier molecular flexibility index (Phi) is 9.79. The Morgan fingerprint density at radius 2 is 1.70 bits per heavy atom. The lowest BCUT2D eigenvalue weighted by atomic mass is 10.1. The number of aliphatic imine (C=N–C) groups is 1. The number of methoxy groups -OCH3 is 1. The summed E-state index contributed by atoms with van der Waals surface area (Å²) in [4.78, 5) is 15.7. The molecule has 0 amide bonds. The van der Waals surface area contributed by atoms with Crippen molar-refractivity contribution in [1.29, 1.82) is 0 Å². The van der Waals surface area contributed by atoms with Gasteiger partial charge >= 0.3 is 5.97 Å². The fraction of sp³-hybridized carbons (Fsp3) is 0.429. The molecule has 0 spiro atoms. The second kappa shape index (κ2) is 10.5. The average molecular weight is 391 g/mol. The minimum Gasteiger partial charge on any atom is -0.465 e. The molecule has 0 aliphatic heterocycles. The molecule has 0 aliphatic carbocycles. The molecule has 0 bridgehead atoms. The normalized spacial score (nSPS) is 9.15. The molecule has 1 aromatic carbocycles. The summed E-state index contributed by atoms with van der Waals surface area (Å²) in [7, 11) is 1.37. The zero-order valence-corrected chi connectivity index (χ0v) is 14.4. The van der Waals surface area contributed by atoms with Crippen molar-refractivity contribution in [3.8, 4) is 0 Å². The lowest BCUT2D eigenvalue weighted by molar-refractivity contribution is 0.0600. The first kappa shape index (κ1) is 18.7. The molecule has 0 heterocycles. The van der Waals surface area contributed by atoms with Crippen LogP contribution in [0, 0.1) is 0 Å². The van der Waals surface area contributed by atoms with E-state index < -0.39 is 0 Å². The largest absolute Gasteiger partial charge is 0.465 e. The molecule has 0 saturated carbocycles. The van der Waals surface area contributed by atoms with Gasteiger partial charge in [0.25, 0.3) is 0 Å². The van der Waals surface area contributed by atoms with Gasteiger partial charge in [0.2, 0.25) is 0 Å². The van der Waals surface area contributed by atoms with Gasteiger partial charge in [0.05, 0.1) is 19.2 Å². The third kappa shape index (κ3) is 6.23. The molecule has 1 rings (SSSR count). The lowest BCUT2D eigenvalue weighted by Crippen LogP contribution is -2.36. The third-order valence-electron chi connectivity index (χ3n) is 2.48. The number of halogens is 1. The smallest absolute Gasteiger partial charge is 0.337 e. The zero-order valence-electron chi connectivity index (χ0n) is 12.1. The van der Waals surface area contributed by atoms with E-state index in [2.05, 4.69) is 20.4 Å². The van der Waals surface area contributed by atoms with E-state index in [9.17, 15) is 4.79 Å². The van der Waals surface area contributed by atoms with Crippen LogP contribution >= 0.6 is 24.0 Å². The molecular formula is C14H22IN3O2. The maximum absolute atomic E-state index is 11.3. The third-order valence-corrected chi connectivity index (χ3v) is 2.48. The summed E-state index contributed by atoms with van der Waals surface area (Å²) >= 11 is 0. The second-order valence-corrected chi connectivity index (χ2v) is 3.91. The van der Waals surface area contributed by atoms with Crippen molar-refractivity contribution in [1.82, 2.24) is 10.6 Å². The first-order valence-corrected chi connectivity index (χ1v) is 6.40. The van der Waals surface area contributed by atoms with E-state index in [1.54, 1.807) is 12.1 Å². The summed E-state index contributed by atoms with van der Waals surface area (Å²) in [5.41, 5.74) is 1.59. The first-order valence-electron chi connectivity index (χ1n) is 6.40. The molecule has 6 heteroatoms. The monoisotopic (exact) mass is 391 g/mol. The van der Waals surface area contributed by atoms with Crippen LogP contribution in [-0.2, 0) is 11.3 Å². The van der Waals surface area contributed by atoms with E-state index >= 15 is 0 Å². The number of carbonyl (C=O) groups is 1. The molecule has 0 fully saturated rings. The predicted octanol–water partition coefficient (Wildman–Crippen LogP) is 2.17. The molecular weight excluding hydrogens is 369 g/mol. The molecule has 0 aromatic heterocycles. The number of carbonyl (C=O) groups excluding carboxylic acids is 1. The van der Waals surface area contributed by atoms with Crippen molar-refractivity contribution in [2.45, 2.75) is 20.4 Å². The fourth-order valence-corrected chi connectivity index (χ4v) is 1.54. The highest BCUT2D eigenvalue weighted by atomic mass is 127. The van der Waals surface area contributed by atoms with Gasteiger partial charge in [0, 0.05) is 13.1 Å². The van der Waals surface area contributed by atoms with Gasteiger partial charge in [-0.15, -0.1) is 24.0 Å². The molecule has 0 radical (unpaired) electrons. The van der Waals surface area contributed by atoms with Crippen LogP contribution in [0.15, 0.2) is 29.3 Å². The number of guanidine groups is 1. The standard InChI is InChI=1S/C14H21N3O2.HI/c1-4-15-14(16-5-2)17-10-11-6-8-12(9-7-11)13(18)19-3;/h6-9H,4-5,10H2,1-3H3,(H2,15,16,17);1H. The Balaban J connectivity index is 0.00000361. The number of nitrogens with zero attached hydrogens (tertiary/aromatic N) is 1. The van der Waals surface area contributed by atoms with Crippen LogP contribution < -0.4 is 10.6 Å². The molecule has 0 aliphatic rings. The molecule has 0 atom stereocenters. The highest BCUT2D eigenvalue weighted by molar-refractivity contribution is 14.0. The molecule has 112 valence electrons. The maximum atomic E-state index is 11.3. The average Bonchev–Trinajstić information content (AvgIpc) is 2.45. The van der Waals surface area contributed by atoms with Crippen LogP contribution in [0.3, 0.4) is 0 Å². The quantitative estimate of drug-likeness (QED) is 0.350. The van der Waals surface area contributed by atoms with E-state index in [4.69, 9.17) is 0 Å². The summed E-state index contributed by atoms with van der Waals surface area (Å²) in [5.74, 6) is 0.470. The van der Waals surface area contributed by atoms with Gasteiger partial charge in [0.15, 0.2) is 5.96 Å². The van der Waals surface area contributed by atoms with Crippen molar-refractivity contribution < 1.29 is 9.53 Å². The topological polar surface area (TPSA) is 62.7 Å². The molecule has 5 nitrogen and oxygen atoms in total. The van der Waals surface area contributed by atoms with E-state index in [1.807, 2.05) is 26.0 Å². The molecule has 0 saturated heterocycles. The molecule has 1 aromatic rings. The summed E-state index contributed by atoms with van der Waals surface area (Å²) in [6.45, 7) is 6.27. The predicted molar refractivity (Wildman–Crippen MR) is 91.7 cm³/mol. The number of hydrogen-bond acceptors (Lipinski definition) is 3. The Morgan fingerprint density at radius 3 is 2.15 bits per heavy atom. The highest BCUT2D eigenvalue weighted by Gasteiger charge is 2.04. The van der Waals surface area contributed by atoms with Gasteiger partial charge in [-0.3, -0.25) is 0 Å². The number of esters is 1. The lowest BCUT2D eigenvalue weighted by Gasteiger charge is -2.09. The summed E-state index contributed by atoms with van der Waals surface area (Å²) in [6, 6.07) is 7.25. The molecule has 2 N–H and O–H groups in total. The van der Waals surface area contributed by atoms with Gasteiger partial charge in [-0.2, -0.15) is 0 Å². The number of hydrogen-bond donors (Lipinski definition) is 2. The zero-order chi connectivity index (χ0) is 14.1. The van der Waals surface area contributed by atoms with Gasteiger partial charge in [-0.05, 0) is 31.5 Å². The van der Waals surface area contributed by atoms with Gasteiger partial charge < -0.3 is 15.4 Å². The van der Waals surface area contributed by atoms with Crippen molar-refractivity contribution >= 4 is 35.9 Å². The van der Waals surface area contributed by atoms with E-state index in [-0.39, 0.29) is 29.9 Å².